The van der Waals surface area contributed by atoms with Crippen molar-refractivity contribution >= 4 is 0 Å². The Labute approximate surface area is 124 Å². The minimum absolute atomic E-state index is 0.211. The van der Waals surface area contributed by atoms with Crippen LogP contribution in [-0.2, 0) is 0 Å². The quantitative estimate of drug-likeness (QED) is 0.729. The Kier molecular flexibility index (Phi) is 7.86. The predicted octanol–water partition coefficient (Wildman–Crippen LogP) is 4.26. The molecule has 1 N–H and O–H groups in total. The van der Waals surface area contributed by atoms with Crippen LogP contribution in [0.4, 0.5) is 0 Å². The second-order valence-corrected chi connectivity index (χ2v) is 5.60. The van der Waals surface area contributed by atoms with Gasteiger partial charge in [-0.1, -0.05) is 70.9 Å². The Bertz CT molecular complexity index is 348. The highest BCUT2D eigenvalue weighted by Crippen LogP contribution is 2.25. The Balaban J connectivity index is 2.80. The van der Waals surface area contributed by atoms with E-state index in [1.54, 1.807) is 0 Å². The zero-order chi connectivity index (χ0) is 15.0. The van der Waals surface area contributed by atoms with Crippen molar-refractivity contribution < 1.29 is 5.11 Å². The molecule has 0 saturated heterocycles. The average molecular weight is 277 g/mol. The van der Waals surface area contributed by atoms with Crippen molar-refractivity contribution in [3.63, 3.8) is 0 Å². The summed E-state index contributed by atoms with van der Waals surface area (Å²) in [5, 5.41) is 10.7. The fraction of sp³-hybridized carbons (Fsp3) is 0.667. The fourth-order valence-electron chi connectivity index (χ4n) is 2.93. The van der Waals surface area contributed by atoms with Gasteiger partial charge in [0.05, 0.1) is 6.10 Å². The molecular formula is C18H31NO. The normalized spacial score (nSPS) is 14.8. The van der Waals surface area contributed by atoms with E-state index in [1.807, 2.05) is 30.3 Å². The minimum Gasteiger partial charge on any atom is -0.387 e. The van der Waals surface area contributed by atoms with Crippen molar-refractivity contribution in [3.8, 4) is 0 Å². The Morgan fingerprint density at radius 2 is 1.55 bits per heavy atom. The molecule has 0 aliphatic rings. The van der Waals surface area contributed by atoms with Gasteiger partial charge in [-0.05, 0) is 24.4 Å². The first-order chi connectivity index (χ1) is 9.67. The summed E-state index contributed by atoms with van der Waals surface area (Å²) in [4.78, 5) is 2.45. The number of rotatable bonds is 9. The summed E-state index contributed by atoms with van der Waals surface area (Å²) in [7, 11) is 0. The first-order valence-corrected chi connectivity index (χ1v) is 8.14. The SMILES string of the molecule is CCC(CC)CN(CC)C(CC)C(O)c1ccccc1. The molecule has 2 heteroatoms. The molecule has 1 aromatic carbocycles. The maximum atomic E-state index is 10.7. The molecule has 1 aromatic rings. The monoisotopic (exact) mass is 277 g/mol. The molecule has 0 radical (unpaired) electrons. The lowest BCUT2D eigenvalue weighted by atomic mass is 9.96. The van der Waals surface area contributed by atoms with Crippen LogP contribution < -0.4 is 0 Å². The molecule has 0 aliphatic carbocycles. The molecule has 2 nitrogen and oxygen atoms in total. The lowest BCUT2D eigenvalue weighted by molar-refractivity contribution is 0.0388. The van der Waals surface area contributed by atoms with E-state index in [0.29, 0.717) is 0 Å². The van der Waals surface area contributed by atoms with Gasteiger partial charge < -0.3 is 5.11 Å². The number of aliphatic hydroxyl groups is 1. The van der Waals surface area contributed by atoms with E-state index < -0.39 is 6.10 Å². The van der Waals surface area contributed by atoms with Crippen LogP contribution in [0.2, 0.25) is 0 Å². The van der Waals surface area contributed by atoms with Gasteiger partial charge >= 0.3 is 0 Å². The number of hydrogen-bond donors (Lipinski definition) is 1. The molecule has 0 fully saturated rings. The number of benzene rings is 1. The van der Waals surface area contributed by atoms with Gasteiger partial charge in [0, 0.05) is 12.6 Å². The van der Waals surface area contributed by atoms with E-state index in [1.165, 1.54) is 12.8 Å². The molecule has 0 aromatic heterocycles. The van der Waals surface area contributed by atoms with Crippen LogP contribution in [0.3, 0.4) is 0 Å². The van der Waals surface area contributed by atoms with Crippen LogP contribution in [0.5, 0.6) is 0 Å². The summed E-state index contributed by atoms with van der Waals surface area (Å²) in [6, 6.07) is 10.3. The van der Waals surface area contributed by atoms with Crippen molar-refractivity contribution in [3.05, 3.63) is 35.9 Å². The predicted molar refractivity (Wildman–Crippen MR) is 86.8 cm³/mol. The fourth-order valence-corrected chi connectivity index (χ4v) is 2.93. The van der Waals surface area contributed by atoms with E-state index in [2.05, 4.69) is 32.6 Å². The Morgan fingerprint density at radius 3 is 2.00 bits per heavy atom. The van der Waals surface area contributed by atoms with Gasteiger partial charge in [0.1, 0.15) is 0 Å². The standard InChI is InChI=1S/C18H31NO/c1-5-15(6-2)14-19(8-4)17(7-3)18(20)16-12-10-9-11-13-16/h9-13,15,17-18,20H,5-8,14H2,1-4H3. The van der Waals surface area contributed by atoms with E-state index in [0.717, 1.165) is 31.0 Å². The molecule has 0 spiro atoms. The van der Waals surface area contributed by atoms with E-state index >= 15 is 0 Å². The number of likely N-dealkylation sites (N-methyl/N-ethyl adjacent to an activating group) is 1. The zero-order valence-electron chi connectivity index (χ0n) is 13.5. The zero-order valence-corrected chi connectivity index (χ0v) is 13.5. The van der Waals surface area contributed by atoms with Crippen molar-refractivity contribution in [2.75, 3.05) is 13.1 Å². The minimum atomic E-state index is -0.393. The summed E-state index contributed by atoms with van der Waals surface area (Å²) in [6.45, 7) is 11.0. The van der Waals surface area contributed by atoms with Gasteiger partial charge in [-0.25, -0.2) is 0 Å². The van der Waals surface area contributed by atoms with Crippen LogP contribution in [-0.4, -0.2) is 29.1 Å². The second-order valence-electron chi connectivity index (χ2n) is 5.60. The van der Waals surface area contributed by atoms with Gasteiger partial charge in [0.2, 0.25) is 0 Å². The number of hydrogen-bond acceptors (Lipinski definition) is 2. The van der Waals surface area contributed by atoms with E-state index in [-0.39, 0.29) is 6.04 Å². The smallest absolute Gasteiger partial charge is 0.0945 e. The summed E-state index contributed by atoms with van der Waals surface area (Å²) in [5.41, 5.74) is 1.03. The van der Waals surface area contributed by atoms with E-state index in [9.17, 15) is 5.11 Å². The lowest BCUT2D eigenvalue weighted by Gasteiger charge is -2.35. The molecule has 0 heterocycles. The topological polar surface area (TPSA) is 23.5 Å². The Morgan fingerprint density at radius 1 is 0.950 bits per heavy atom. The van der Waals surface area contributed by atoms with Crippen LogP contribution in [0, 0.1) is 5.92 Å². The molecule has 0 aliphatic heterocycles. The molecule has 0 amide bonds. The molecule has 20 heavy (non-hydrogen) atoms. The summed E-state index contributed by atoms with van der Waals surface area (Å²) >= 11 is 0. The number of aliphatic hydroxyl groups excluding tert-OH is 1. The average Bonchev–Trinajstić information content (AvgIpc) is 2.51. The maximum absolute atomic E-state index is 10.7. The van der Waals surface area contributed by atoms with E-state index in [4.69, 9.17) is 0 Å². The molecule has 2 atom stereocenters. The van der Waals surface area contributed by atoms with Crippen LogP contribution in [0.25, 0.3) is 0 Å². The molecule has 1 rings (SSSR count). The highest BCUT2D eigenvalue weighted by Gasteiger charge is 2.25. The highest BCUT2D eigenvalue weighted by atomic mass is 16.3. The molecule has 2 unspecified atom stereocenters. The molecule has 0 saturated carbocycles. The van der Waals surface area contributed by atoms with Crippen LogP contribution >= 0.6 is 0 Å². The van der Waals surface area contributed by atoms with Gasteiger partial charge in [-0.15, -0.1) is 0 Å². The summed E-state index contributed by atoms with van der Waals surface area (Å²) < 4.78 is 0. The second kappa shape index (κ2) is 9.15. The van der Waals surface area contributed by atoms with Gasteiger partial charge in [0.25, 0.3) is 0 Å². The number of nitrogens with zero attached hydrogens (tertiary/aromatic N) is 1. The third-order valence-corrected chi connectivity index (χ3v) is 4.45. The van der Waals surface area contributed by atoms with Gasteiger partial charge in [-0.3, -0.25) is 4.90 Å². The molecule has 114 valence electrons. The van der Waals surface area contributed by atoms with Gasteiger partial charge in [-0.2, -0.15) is 0 Å². The van der Waals surface area contributed by atoms with Crippen molar-refractivity contribution in [1.29, 1.82) is 0 Å². The third kappa shape index (κ3) is 4.60. The Hall–Kier alpha value is -0.860. The first-order valence-electron chi connectivity index (χ1n) is 8.14. The summed E-state index contributed by atoms with van der Waals surface area (Å²) in [6.07, 6.45) is 3.01. The molecule has 0 bridgehead atoms. The van der Waals surface area contributed by atoms with Crippen molar-refractivity contribution in [2.24, 2.45) is 5.92 Å². The first kappa shape index (κ1) is 17.2. The van der Waals surface area contributed by atoms with Crippen LogP contribution in [0.15, 0.2) is 30.3 Å². The van der Waals surface area contributed by atoms with Crippen molar-refractivity contribution in [2.45, 2.75) is 59.1 Å². The van der Waals surface area contributed by atoms with Crippen LogP contribution in [0.1, 0.15) is 58.6 Å². The molecular weight excluding hydrogens is 246 g/mol. The summed E-state index contributed by atoms with van der Waals surface area (Å²) in [5.74, 6) is 0.729. The highest BCUT2D eigenvalue weighted by molar-refractivity contribution is 5.18. The third-order valence-electron chi connectivity index (χ3n) is 4.45. The lowest BCUT2D eigenvalue weighted by Crippen LogP contribution is -2.42. The van der Waals surface area contributed by atoms with Crippen molar-refractivity contribution in [1.82, 2.24) is 4.90 Å². The largest absolute Gasteiger partial charge is 0.387 e. The maximum Gasteiger partial charge on any atom is 0.0945 e. The van der Waals surface area contributed by atoms with Gasteiger partial charge in [0.15, 0.2) is 0 Å².